The number of ketones is 2. The molecule has 2 aliphatic carbocycles. The van der Waals surface area contributed by atoms with Gasteiger partial charge in [-0.15, -0.1) is 0 Å². The molecule has 0 amide bonds. The summed E-state index contributed by atoms with van der Waals surface area (Å²) in [6.07, 6.45) is 3.42. The lowest BCUT2D eigenvalue weighted by atomic mass is 9.64. The minimum absolute atomic E-state index is 0.113. The average molecular weight is 268 g/mol. The highest BCUT2D eigenvalue weighted by Crippen LogP contribution is 2.52. The molecule has 0 atom stereocenters. The summed E-state index contributed by atoms with van der Waals surface area (Å²) < 4.78 is 0. The van der Waals surface area contributed by atoms with Gasteiger partial charge in [0.05, 0.1) is 0 Å². The predicted molar refractivity (Wildman–Crippen MR) is 79.5 cm³/mol. The van der Waals surface area contributed by atoms with Gasteiger partial charge in [-0.3, -0.25) is 9.59 Å². The Hall–Kier alpha value is -1.70. The van der Waals surface area contributed by atoms with Crippen LogP contribution in [0.5, 0.6) is 0 Å². The van der Waals surface area contributed by atoms with E-state index in [-0.39, 0.29) is 11.6 Å². The fourth-order valence-electron chi connectivity index (χ4n) is 4.08. The second kappa shape index (κ2) is 4.69. The van der Waals surface area contributed by atoms with Gasteiger partial charge in [-0.05, 0) is 41.5 Å². The van der Waals surface area contributed by atoms with Crippen molar-refractivity contribution in [1.82, 2.24) is 0 Å². The molecular formula is C18H20O2. The standard InChI is InChI=1S/C18H20O2/c1-3-12-13-8-5-6-9-15(13)18(14(12)4-2)16(19)10-7-11-17(18)20/h5-6,8-9H,3-4,7,10-11H2,1-2H3. The summed E-state index contributed by atoms with van der Waals surface area (Å²) in [5.41, 5.74) is 3.41. The first-order chi connectivity index (χ1) is 9.67. The first-order valence-electron chi connectivity index (χ1n) is 7.56. The van der Waals surface area contributed by atoms with Crippen LogP contribution in [0.3, 0.4) is 0 Å². The van der Waals surface area contributed by atoms with Gasteiger partial charge in [0.15, 0.2) is 11.6 Å². The quantitative estimate of drug-likeness (QED) is 0.764. The predicted octanol–water partition coefficient (Wildman–Crippen LogP) is 3.83. The molecule has 0 aliphatic heterocycles. The number of Topliss-reactive ketones (excluding diaryl/α,β-unsaturated/α-hetero) is 2. The van der Waals surface area contributed by atoms with Crippen LogP contribution in [0.1, 0.15) is 57.1 Å². The molecule has 2 aliphatic rings. The van der Waals surface area contributed by atoms with Gasteiger partial charge in [-0.25, -0.2) is 0 Å². The Morgan fingerprint density at radius 3 is 2.25 bits per heavy atom. The molecule has 2 heteroatoms. The fraction of sp³-hybridized carbons (Fsp3) is 0.444. The average Bonchev–Trinajstić information content (AvgIpc) is 2.75. The third kappa shape index (κ3) is 1.45. The van der Waals surface area contributed by atoms with E-state index in [1.165, 1.54) is 5.57 Å². The molecule has 1 aromatic carbocycles. The van der Waals surface area contributed by atoms with Crippen molar-refractivity contribution in [2.45, 2.75) is 51.4 Å². The number of allylic oxidation sites excluding steroid dienone is 2. The molecule has 20 heavy (non-hydrogen) atoms. The van der Waals surface area contributed by atoms with E-state index < -0.39 is 5.41 Å². The Balaban J connectivity index is 2.36. The van der Waals surface area contributed by atoms with Crippen LogP contribution in [0, 0.1) is 0 Å². The van der Waals surface area contributed by atoms with E-state index in [0.29, 0.717) is 19.3 Å². The number of carbonyl (C=O) groups is 2. The summed E-state index contributed by atoms with van der Waals surface area (Å²) in [5, 5.41) is 0. The van der Waals surface area contributed by atoms with Crippen molar-refractivity contribution in [2.75, 3.05) is 0 Å². The summed E-state index contributed by atoms with van der Waals surface area (Å²) in [4.78, 5) is 25.5. The Morgan fingerprint density at radius 2 is 1.65 bits per heavy atom. The first kappa shape index (κ1) is 13.3. The molecule has 1 spiro atoms. The lowest BCUT2D eigenvalue weighted by Crippen LogP contribution is -2.46. The first-order valence-corrected chi connectivity index (χ1v) is 7.56. The van der Waals surface area contributed by atoms with Crippen molar-refractivity contribution in [2.24, 2.45) is 0 Å². The van der Waals surface area contributed by atoms with Crippen LogP contribution in [0.15, 0.2) is 29.8 Å². The number of hydrogen-bond acceptors (Lipinski definition) is 2. The maximum atomic E-state index is 12.8. The van der Waals surface area contributed by atoms with Crippen LogP contribution >= 0.6 is 0 Å². The number of benzene rings is 1. The molecular weight excluding hydrogens is 248 g/mol. The maximum absolute atomic E-state index is 12.8. The van der Waals surface area contributed by atoms with Crippen LogP contribution < -0.4 is 0 Å². The van der Waals surface area contributed by atoms with Crippen molar-refractivity contribution in [3.63, 3.8) is 0 Å². The van der Waals surface area contributed by atoms with Crippen molar-refractivity contribution >= 4 is 17.1 Å². The molecule has 0 unspecified atom stereocenters. The van der Waals surface area contributed by atoms with Gasteiger partial charge in [0.1, 0.15) is 5.41 Å². The largest absolute Gasteiger partial charge is 0.298 e. The maximum Gasteiger partial charge on any atom is 0.155 e. The molecule has 1 saturated carbocycles. The molecule has 2 nitrogen and oxygen atoms in total. The second-order valence-corrected chi connectivity index (χ2v) is 5.66. The van der Waals surface area contributed by atoms with E-state index in [9.17, 15) is 9.59 Å². The Bertz CT molecular complexity index is 606. The van der Waals surface area contributed by atoms with Crippen LogP contribution in [-0.4, -0.2) is 11.6 Å². The lowest BCUT2D eigenvalue weighted by Gasteiger charge is -2.34. The van der Waals surface area contributed by atoms with E-state index >= 15 is 0 Å². The smallest absolute Gasteiger partial charge is 0.155 e. The minimum atomic E-state index is -0.936. The van der Waals surface area contributed by atoms with Gasteiger partial charge in [-0.1, -0.05) is 38.1 Å². The third-order valence-corrected chi connectivity index (χ3v) is 4.82. The third-order valence-electron chi connectivity index (χ3n) is 4.82. The number of carbonyl (C=O) groups excluding carboxylic acids is 2. The van der Waals surface area contributed by atoms with Crippen LogP contribution in [-0.2, 0) is 15.0 Å². The normalized spacial score (nSPS) is 20.7. The Kier molecular flexibility index (Phi) is 3.12. The van der Waals surface area contributed by atoms with Crippen molar-refractivity contribution in [3.05, 3.63) is 41.0 Å². The van der Waals surface area contributed by atoms with E-state index in [4.69, 9.17) is 0 Å². The van der Waals surface area contributed by atoms with E-state index in [1.54, 1.807) is 0 Å². The summed E-state index contributed by atoms with van der Waals surface area (Å²) >= 11 is 0. The zero-order chi connectivity index (χ0) is 14.3. The van der Waals surface area contributed by atoms with Crippen LogP contribution in [0.2, 0.25) is 0 Å². The molecule has 0 radical (unpaired) electrons. The van der Waals surface area contributed by atoms with Crippen molar-refractivity contribution in [1.29, 1.82) is 0 Å². The van der Waals surface area contributed by atoms with Crippen LogP contribution in [0.25, 0.3) is 5.57 Å². The van der Waals surface area contributed by atoms with Crippen LogP contribution in [0.4, 0.5) is 0 Å². The van der Waals surface area contributed by atoms with Crippen molar-refractivity contribution in [3.8, 4) is 0 Å². The highest BCUT2D eigenvalue weighted by atomic mass is 16.2. The highest BCUT2D eigenvalue weighted by Gasteiger charge is 2.55. The van der Waals surface area contributed by atoms with Gasteiger partial charge in [0.25, 0.3) is 0 Å². The Labute approximate surface area is 119 Å². The fourth-order valence-corrected chi connectivity index (χ4v) is 4.08. The zero-order valence-corrected chi connectivity index (χ0v) is 12.2. The second-order valence-electron chi connectivity index (χ2n) is 5.66. The molecule has 3 rings (SSSR count). The zero-order valence-electron chi connectivity index (χ0n) is 12.2. The molecule has 0 saturated heterocycles. The van der Waals surface area contributed by atoms with Gasteiger partial charge >= 0.3 is 0 Å². The summed E-state index contributed by atoms with van der Waals surface area (Å²) in [5.74, 6) is 0.225. The molecule has 0 aromatic heterocycles. The number of rotatable bonds is 2. The minimum Gasteiger partial charge on any atom is -0.298 e. The molecule has 0 bridgehead atoms. The van der Waals surface area contributed by atoms with E-state index in [0.717, 1.165) is 29.5 Å². The van der Waals surface area contributed by atoms with Gasteiger partial charge in [0, 0.05) is 12.8 Å². The molecule has 0 heterocycles. The molecule has 0 N–H and O–H groups in total. The van der Waals surface area contributed by atoms with Gasteiger partial charge in [-0.2, -0.15) is 0 Å². The SMILES string of the molecule is CCC1=C(CC)C2(C(=O)CCCC2=O)c2ccccc21. The van der Waals surface area contributed by atoms with E-state index in [2.05, 4.69) is 19.9 Å². The summed E-state index contributed by atoms with van der Waals surface area (Å²) in [6.45, 7) is 4.17. The lowest BCUT2D eigenvalue weighted by molar-refractivity contribution is -0.136. The summed E-state index contributed by atoms with van der Waals surface area (Å²) in [7, 11) is 0. The van der Waals surface area contributed by atoms with Gasteiger partial charge < -0.3 is 0 Å². The topological polar surface area (TPSA) is 34.1 Å². The number of fused-ring (bicyclic) bond motifs is 2. The monoisotopic (exact) mass is 268 g/mol. The Morgan fingerprint density at radius 1 is 1.00 bits per heavy atom. The molecule has 104 valence electrons. The van der Waals surface area contributed by atoms with Crippen molar-refractivity contribution < 1.29 is 9.59 Å². The van der Waals surface area contributed by atoms with E-state index in [1.807, 2.05) is 18.2 Å². The summed E-state index contributed by atoms with van der Waals surface area (Å²) in [6, 6.07) is 7.99. The molecule has 1 fully saturated rings. The highest BCUT2D eigenvalue weighted by molar-refractivity contribution is 6.21. The molecule has 1 aromatic rings. The number of hydrogen-bond donors (Lipinski definition) is 0. The van der Waals surface area contributed by atoms with Gasteiger partial charge in [0.2, 0.25) is 0 Å².